The number of nitrogens with zero attached hydrogens (tertiary/aromatic N) is 4. The molecule has 3 atom stereocenters. The van der Waals surface area contributed by atoms with E-state index in [0.29, 0.717) is 26.1 Å². The normalized spacial score (nSPS) is 22.4. The van der Waals surface area contributed by atoms with E-state index in [2.05, 4.69) is 19.8 Å². The molecule has 2 aromatic rings. The molecule has 3 rings (SSSR count). The molecule has 1 N–H and O–H groups in total. The average Bonchev–Trinajstić information content (AvgIpc) is 2.95. The maximum absolute atomic E-state index is 14.0. The first-order chi connectivity index (χ1) is 12.1. The second-order valence-corrected chi connectivity index (χ2v) is 6.81. The summed E-state index contributed by atoms with van der Waals surface area (Å²) in [5.74, 6) is 0. The van der Waals surface area contributed by atoms with Crippen LogP contribution in [0.4, 0.5) is 4.39 Å². The summed E-state index contributed by atoms with van der Waals surface area (Å²) < 4.78 is 14.0. The molecule has 2 heterocycles. The number of rotatable bonds is 7. The molecule has 6 heteroatoms. The highest BCUT2D eigenvalue weighted by atomic mass is 19.1. The van der Waals surface area contributed by atoms with Gasteiger partial charge in [0, 0.05) is 50.2 Å². The molecule has 0 radical (unpaired) electrons. The lowest BCUT2D eigenvalue weighted by Gasteiger charge is -2.29. The zero-order valence-corrected chi connectivity index (χ0v) is 14.5. The van der Waals surface area contributed by atoms with E-state index in [4.69, 9.17) is 0 Å². The summed E-state index contributed by atoms with van der Waals surface area (Å²) in [6.45, 7) is 2.34. The smallest absolute Gasteiger partial charge is 0.115 e. The van der Waals surface area contributed by atoms with Gasteiger partial charge < -0.3 is 10.0 Å². The summed E-state index contributed by atoms with van der Waals surface area (Å²) in [5.41, 5.74) is 1.90. The minimum absolute atomic E-state index is 0.128. The Morgan fingerprint density at radius 3 is 2.72 bits per heavy atom. The number of halogens is 1. The van der Waals surface area contributed by atoms with Crippen LogP contribution in [0, 0.1) is 0 Å². The van der Waals surface area contributed by atoms with Crippen molar-refractivity contribution in [3.8, 4) is 0 Å². The predicted molar refractivity (Wildman–Crippen MR) is 94.6 cm³/mol. The Hall–Kier alpha value is -1.89. The Bertz CT molecular complexity index is 642. The van der Waals surface area contributed by atoms with Gasteiger partial charge in [-0.3, -0.25) is 4.90 Å². The van der Waals surface area contributed by atoms with E-state index in [1.807, 2.05) is 37.4 Å². The van der Waals surface area contributed by atoms with Crippen LogP contribution in [0.3, 0.4) is 0 Å². The van der Waals surface area contributed by atoms with E-state index in [9.17, 15) is 9.50 Å². The fourth-order valence-corrected chi connectivity index (χ4v) is 3.46. The molecular formula is C19H25FN4O. The standard InChI is InChI=1S/C19H25FN4O/c1-23(13-19(25)16-5-3-2-4-6-16)12-18-7-17(20)11-24(18)10-15-8-21-14-22-9-15/h2-6,8-9,14,17-19,25H,7,10-13H2,1H3/t17-,18-,19+/m0/s1. The molecule has 0 bridgehead atoms. The van der Waals surface area contributed by atoms with Crippen molar-refractivity contribution in [1.29, 1.82) is 0 Å². The van der Waals surface area contributed by atoms with Crippen molar-refractivity contribution in [2.75, 3.05) is 26.7 Å². The molecule has 0 saturated carbocycles. The maximum Gasteiger partial charge on any atom is 0.115 e. The molecule has 0 amide bonds. The van der Waals surface area contributed by atoms with Gasteiger partial charge in [-0.1, -0.05) is 30.3 Å². The van der Waals surface area contributed by atoms with Crippen LogP contribution in [0.2, 0.25) is 0 Å². The lowest BCUT2D eigenvalue weighted by Crippen LogP contribution is -2.39. The van der Waals surface area contributed by atoms with Crippen molar-refractivity contribution in [2.45, 2.75) is 31.3 Å². The SMILES string of the molecule is CN(C[C@@H]1C[C@H](F)CN1Cc1cncnc1)C[C@@H](O)c1ccccc1. The zero-order chi connectivity index (χ0) is 17.6. The fraction of sp³-hybridized carbons (Fsp3) is 0.474. The highest BCUT2D eigenvalue weighted by Gasteiger charge is 2.33. The second kappa shape index (κ2) is 8.47. The Morgan fingerprint density at radius 1 is 1.28 bits per heavy atom. The quantitative estimate of drug-likeness (QED) is 0.833. The first-order valence-corrected chi connectivity index (χ1v) is 8.65. The molecule has 1 fully saturated rings. The van der Waals surface area contributed by atoms with E-state index in [1.165, 1.54) is 6.33 Å². The van der Waals surface area contributed by atoms with Gasteiger partial charge in [0.1, 0.15) is 12.5 Å². The molecule has 1 saturated heterocycles. The Balaban J connectivity index is 1.56. The van der Waals surface area contributed by atoms with Gasteiger partial charge in [0.05, 0.1) is 6.10 Å². The topological polar surface area (TPSA) is 52.5 Å². The Labute approximate surface area is 148 Å². The molecule has 1 aromatic heterocycles. The summed E-state index contributed by atoms with van der Waals surface area (Å²) in [6, 6.07) is 9.76. The molecule has 1 aliphatic heterocycles. The average molecular weight is 344 g/mol. The van der Waals surface area contributed by atoms with Crippen molar-refractivity contribution in [3.05, 3.63) is 60.2 Å². The van der Waals surface area contributed by atoms with Crippen LogP contribution < -0.4 is 0 Å². The van der Waals surface area contributed by atoms with Gasteiger partial charge in [0.15, 0.2) is 0 Å². The summed E-state index contributed by atoms with van der Waals surface area (Å²) in [4.78, 5) is 12.3. The number of hydrogen-bond acceptors (Lipinski definition) is 5. The van der Waals surface area contributed by atoms with Crippen LogP contribution in [0.25, 0.3) is 0 Å². The van der Waals surface area contributed by atoms with Gasteiger partial charge in [0.2, 0.25) is 0 Å². The van der Waals surface area contributed by atoms with E-state index < -0.39 is 12.3 Å². The van der Waals surface area contributed by atoms with Crippen molar-refractivity contribution in [2.24, 2.45) is 0 Å². The molecule has 0 aliphatic carbocycles. The predicted octanol–water partition coefficient (Wildman–Crippen LogP) is 2.05. The third-order valence-electron chi connectivity index (χ3n) is 4.67. The number of alkyl halides is 1. The van der Waals surface area contributed by atoms with Crippen LogP contribution in [0.15, 0.2) is 49.1 Å². The number of likely N-dealkylation sites (N-methyl/N-ethyl adjacent to an activating group) is 1. The molecule has 5 nitrogen and oxygen atoms in total. The highest BCUT2D eigenvalue weighted by Crippen LogP contribution is 2.23. The lowest BCUT2D eigenvalue weighted by molar-refractivity contribution is 0.107. The number of aliphatic hydroxyl groups is 1. The number of aliphatic hydroxyl groups excluding tert-OH is 1. The van der Waals surface area contributed by atoms with Crippen molar-refractivity contribution >= 4 is 0 Å². The lowest BCUT2D eigenvalue weighted by atomic mass is 10.1. The van der Waals surface area contributed by atoms with Crippen LogP contribution in [-0.4, -0.2) is 63.8 Å². The van der Waals surface area contributed by atoms with Crippen LogP contribution >= 0.6 is 0 Å². The minimum atomic E-state index is -0.804. The van der Waals surface area contributed by atoms with Crippen molar-refractivity contribution in [3.63, 3.8) is 0 Å². The summed E-state index contributed by atoms with van der Waals surface area (Å²) in [6.07, 6.45) is 4.24. The number of hydrogen-bond donors (Lipinski definition) is 1. The minimum Gasteiger partial charge on any atom is -0.387 e. The van der Waals surface area contributed by atoms with Crippen molar-refractivity contribution in [1.82, 2.24) is 19.8 Å². The van der Waals surface area contributed by atoms with Gasteiger partial charge >= 0.3 is 0 Å². The van der Waals surface area contributed by atoms with E-state index in [-0.39, 0.29) is 6.04 Å². The molecule has 0 unspecified atom stereocenters. The Kier molecular flexibility index (Phi) is 6.07. The monoisotopic (exact) mass is 344 g/mol. The molecule has 1 aromatic carbocycles. The van der Waals surface area contributed by atoms with Crippen molar-refractivity contribution < 1.29 is 9.50 Å². The van der Waals surface area contributed by atoms with E-state index in [1.54, 1.807) is 12.4 Å². The maximum atomic E-state index is 14.0. The van der Waals surface area contributed by atoms with Crippen LogP contribution in [0.5, 0.6) is 0 Å². The van der Waals surface area contributed by atoms with Crippen LogP contribution in [0.1, 0.15) is 23.7 Å². The highest BCUT2D eigenvalue weighted by molar-refractivity contribution is 5.17. The summed E-state index contributed by atoms with van der Waals surface area (Å²) >= 11 is 0. The summed E-state index contributed by atoms with van der Waals surface area (Å²) in [5, 5.41) is 10.4. The molecule has 134 valence electrons. The second-order valence-electron chi connectivity index (χ2n) is 6.81. The largest absolute Gasteiger partial charge is 0.387 e. The van der Waals surface area contributed by atoms with Gasteiger partial charge in [-0.25, -0.2) is 14.4 Å². The van der Waals surface area contributed by atoms with Gasteiger partial charge in [-0.2, -0.15) is 0 Å². The Morgan fingerprint density at radius 2 is 2.00 bits per heavy atom. The van der Waals surface area contributed by atoms with E-state index >= 15 is 0 Å². The number of likely N-dealkylation sites (tertiary alicyclic amines) is 1. The van der Waals surface area contributed by atoms with E-state index in [0.717, 1.165) is 17.7 Å². The molecule has 1 aliphatic rings. The van der Waals surface area contributed by atoms with Gasteiger partial charge in [-0.15, -0.1) is 0 Å². The molecular weight excluding hydrogens is 319 g/mol. The van der Waals surface area contributed by atoms with Gasteiger partial charge in [-0.05, 0) is 19.0 Å². The third kappa shape index (κ3) is 5.04. The first-order valence-electron chi connectivity index (χ1n) is 8.65. The fourth-order valence-electron chi connectivity index (χ4n) is 3.46. The molecule has 0 spiro atoms. The zero-order valence-electron chi connectivity index (χ0n) is 14.5. The number of aromatic nitrogens is 2. The van der Waals surface area contributed by atoms with Crippen LogP contribution in [-0.2, 0) is 6.54 Å². The molecule has 25 heavy (non-hydrogen) atoms. The summed E-state index contributed by atoms with van der Waals surface area (Å²) in [7, 11) is 1.97. The van der Waals surface area contributed by atoms with Gasteiger partial charge in [0.25, 0.3) is 0 Å². The number of benzene rings is 1. The third-order valence-corrected chi connectivity index (χ3v) is 4.67. The first kappa shape index (κ1) is 17.9.